The maximum Gasteiger partial charge on any atom is 0.231 e. The maximum absolute atomic E-state index is 11.8. The van der Waals surface area contributed by atoms with Crippen LogP contribution >= 0.6 is 15.9 Å². The van der Waals surface area contributed by atoms with Crippen molar-refractivity contribution < 1.29 is 19.1 Å². The summed E-state index contributed by atoms with van der Waals surface area (Å²) in [6.45, 7) is 0.217. The fourth-order valence-electron chi connectivity index (χ4n) is 1.63. The lowest BCUT2D eigenvalue weighted by Gasteiger charge is -2.08. The maximum atomic E-state index is 11.8. The summed E-state index contributed by atoms with van der Waals surface area (Å²) in [5, 5.41) is 2.77. The average molecular weight is 300 g/mol. The molecule has 1 heterocycles. The van der Waals surface area contributed by atoms with E-state index < -0.39 is 0 Å². The van der Waals surface area contributed by atoms with Crippen LogP contribution in [0.3, 0.4) is 0 Å². The standard InChI is InChI=1S/C11H10BrNO4/c1-13-3-9(15)6-2-8(12)7(4-14)11-10(6)16-5-17-11/h2,4,13H,3,5H2,1H3. The normalized spacial score (nSPS) is 12.6. The third kappa shape index (κ3) is 2.05. The Kier molecular flexibility index (Phi) is 3.44. The first-order valence-electron chi connectivity index (χ1n) is 4.94. The molecule has 1 aromatic carbocycles. The van der Waals surface area contributed by atoms with Crippen molar-refractivity contribution in [3.8, 4) is 11.5 Å². The van der Waals surface area contributed by atoms with Gasteiger partial charge in [-0.1, -0.05) is 0 Å². The van der Waals surface area contributed by atoms with Crippen LogP contribution in [0.4, 0.5) is 0 Å². The molecule has 0 bridgehead atoms. The zero-order chi connectivity index (χ0) is 12.4. The highest BCUT2D eigenvalue weighted by Crippen LogP contribution is 2.42. The number of likely N-dealkylation sites (N-methyl/N-ethyl adjacent to an activating group) is 1. The molecule has 0 atom stereocenters. The SMILES string of the molecule is CNCC(=O)c1cc(Br)c(C=O)c2c1OCO2. The fraction of sp³-hybridized carbons (Fsp3) is 0.273. The number of aldehydes is 1. The van der Waals surface area contributed by atoms with Crippen molar-refractivity contribution in [1.29, 1.82) is 0 Å². The summed E-state index contributed by atoms with van der Waals surface area (Å²) in [6, 6.07) is 1.58. The number of ether oxygens (including phenoxy) is 2. The van der Waals surface area contributed by atoms with Crippen molar-refractivity contribution in [1.82, 2.24) is 5.32 Å². The summed E-state index contributed by atoms with van der Waals surface area (Å²) >= 11 is 3.24. The number of benzene rings is 1. The van der Waals surface area contributed by atoms with Crippen molar-refractivity contribution in [3.63, 3.8) is 0 Å². The minimum absolute atomic E-state index is 0.0203. The average Bonchev–Trinajstić information content (AvgIpc) is 2.77. The number of fused-ring (bicyclic) bond motifs is 1. The van der Waals surface area contributed by atoms with Crippen LogP contribution in [-0.4, -0.2) is 32.5 Å². The molecular formula is C11H10BrNO4. The summed E-state index contributed by atoms with van der Waals surface area (Å²) in [5.74, 6) is 0.553. The van der Waals surface area contributed by atoms with Crippen LogP contribution in [0.15, 0.2) is 10.5 Å². The van der Waals surface area contributed by atoms with E-state index in [1.54, 1.807) is 13.1 Å². The van der Waals surface area contributed by atoms with Gasteiger partial charge in [0.1, 0.15) is 0 Å². The number of carbonyl (C=O) groups is 2. The molecule has 0 aliphatic carbocycles. The van der Waals surface area contributed by atoms with Gasteiger partial charge in [-0.15, -0.1) is 0 Å². The highest BCUT2D eigenvalue weighted by atomic mass is 79.9. The molecule has 5 nitrogen and oxygen atoms in total. The number of nitrogens with one attached hydrogen (secondary N) is 1. The van der Waals surface area contributed by atoms with Gasteiger partial charge in [-0.2, -0.15) is 0 Å². The highest BCUT2D eigenvalue weighted by Gasteiger charge is 2.27. The second-order valence-corrected chi connectivity index (χ2v) is 4.31. The van der Waals surface area contributed by atoms with Crippen molar-refractivity contribution in [2.75, 3.05) is 20.4 Å². The van der Waals surface area contributed by atoms with Gasteiger partial charge in [0.2, 0.25) is 6.79 Å². The Morgan fingerprint density at radius 3 is 2.88 bits per heavy atom. The Hall–Kier alpha value is -1.40. The number of hydrogen-bond acceptors (Lipinski definition) is 5. The Balaban J connectivity index is 2.55. The summed E-state index contributed by atoms with van der Waals surface area (Å²) < 4.78 is 11.0. The quantitative estimate of drug-likeness (QED) is 0.672. The van der Waals surface area contributed by atoms with E-state index in [4.69, 9.17) is 9.47 Å². The molecule has 0 amide bonds. The van der Waals surface area contributed by atoms with Crippen LogP contribution in [-0.2, 0) is 0 Å². The molecule has 17 heavy (non-hydrogen) atoms. The number of hydrogen-bond donors (Lipinski definition) is 1. The zero-order valence-corrected chi connectivity index (χ0v) is 10.7. The molecule has 0 saturated heterocycles. The summed E-state index contributed by atoms with van der Waals surface area (Å²) in [6.07, 6.45) is 0.671. The number of rotatable bonds is 4. The Morgan fingerprint density at radius 1 is 1.53 bits per heavy atom. The van der Waals surface area contributed by atoms with Crippen LogP contribution in [0.2, 0.25) is 0 Å². The molecule has 0 spiro atoms. The van der Waals surface area contributed by atoms with Crippen LogP contribution in [0, 0.1) is 0 Å². The van der Waals surface area contributed by atoms with Gasteiger partial charge in [-0.05, 0) is 29.0 Å². The first-order chi connectivity index (χ1) is 8.19. The van der Waals surface area contributed by atoms with Crippen molar-refractivity contribution in [2.24, 2.45) is 0 Å². The number of halogens is 1. The van der Waals surface area contributed by atoms with E-state index in [9.17, 15) is 9.59 Å². The van der Waals surface area contributed by atoms with Gasteiger partial charge in [0.25, 0.3) is 0 Å². The number of ketones is 1. The Bertz CT molecular complexity index is 487. The van der Waals surface area contributed by atoms with Gasteiger partial charge < -0.3 is 14.8 Å². The molecule has 0 saturated carbocycles. The Morgan fingerprint density at radius 2 is 2.24 bits per heavy atom. The lowest BCUT2D eigenvalue weighted by Crippen LogP contribution is -2.19. The second kappa shape index (κ2) is 4.85. The highest BCUT2D eigenvalue weighted by molar-refractivity contribution is 9.10. The van der Waals surface area contributed by atoms with E-state index in [-0.39, 0.29) is 19.1 Å². The van der Waals surface area contributed by atoms with Gasteiger partial charge in [0.15, 0.2) is 23.6 Å². The van der Waals surface area contributed by atoms with Gasteiger partial charge in [0.05, 0.1) is 17.7 Å². The second-order valence-electron chi connectivity index (χ2n) is 3.46. The van der Waals surface area contributed by atoms with E-state index >= 15 is 0 Å². The van der Waals surface area contributed by atoms with Gasteiger partial charge in [0, 0.05) is 4.47 Å². The lowest BCUT2D eigenvalue weighted by molar-refractivity contribution is 0.0988. The zero-order valence-electron chi connectivity index (χ0n) is 9.08. The van der Waals surface area contributed by atoms with Crippen molar-refractivity contribution in [3.05, 3.63) is 21.7 Å². The van der Waals surface area contributed by atoms with Crippen LogP contribution in [0.25, 0.3) is 0 Å². The number of carbonyl (C=O) groups excluding carboxylic acids is 2. The molecular weight excluding hydrogens is 290 g/mol. The largest absolute Gasteiger partial charge is 0.453 e. The molecule has 90 valence electrons. The van der Waals surface area contributed by atoms with Crippen LogP contribution in [0.1, 0.15) is 20.7 Å². The van der Waals surface area contributed by atoms with Crippen LogP contribution < -0.4 is 14.8 Å². The van der Waals surface area contributed by atoms with Gasteiger partial charge >= 0.3 is 0 Å². The monoisotopic (exact) mass is 299 g/mol. The molecule has 1 aliphatic heterocycles. The molecule has 1 aliphatic rings. The van der Waals surface area contributed by atoms with E-state index in [0.29, 0.717) is 33.4 Å². The minimum atomic E-state index is -0.118. The molecule has 0 fully saturated rings. The molecule has 6 heteroatoms. The third-order valence-corrected chi connectivity index (χ3v) is 3.04. The van der Waals surface area contributed by atoms with E-state index in [1.807, 2.05) is 0 Å². The van der Waals surface area contributed by atoms with Gasteiger partial charge in [-0.25, -0.2) is 0 Å². The molecule has 2 rings (SSSR count). The van der Waals surface area contributed by atoms with Crippen molar-refractivity contribution in [2.45, 2.75) is 0 Å². The summed E-state index contributed by atoms with van der Waals surface area (Å²) in [7, 11) is 1.68. The smallest absolute Gasteiger partial charge is 0.231 e. The lowest BCUT2D eigenvalue weighted by atomic mass is 10.1. The fourth-order valence-corrected chi connectivity index (χ4v) is 2.13. The molecule has 0 radical (unpaired) electrons. The molecule has 1 N–H and O–H groups in total. The minimum Gasteiger partial charge on any atom is -0.453 e. The van der Waals surface area contributed by atoms with Crippen molar-refractivity contribution >= 4 is 28.0 Å². The van der Waals surface area contributed by atoms with E-state index in [0.717, 1.165) is 0 Å². The first-order valence-corrected chi connectivity index (χ1v) is 5.73. The van der Waals surface area contributed by atoms with Crippen LogP contribution in [0.5, 0.6) is 11.5 Å². The topological polar surface area (TPSA) is 64.6 Å². The Labute approximate surface area is 106 Å². The first kappa shape index (κ1) is 12.1. The summed E-state index contributed by atoms with van der Waals surface area (Å²) in [4.78, 5) is 22.8. The predicted octanol–water partition coefficient (Wildman–Crippen LogP) is 1.39. The molecule has 1 aromatic rings. The van der Waals surface area contributed by atoms with E-state index in [1.165, 1.54) is 0 Å². The number of Topliss-reactive ketones (excluding diaryl/α,β-unsaturated/α-hetero) is 1. The van der Waals surface area contributed by atoms with E-state index in [2.05, 4.69) is 21.2 Å². The molecule has 0 unspecified atom stereocenters. The van der Waals surface area contributed by atoms with Gasteiger partial charge in [-0.3, -0.25) is 9.59 Å². The third-order valence-electron chi connectivity index (χ3n) is 2.39. The summed E-state index contributed by atoms with van der Waals surface area (Å²) in [5.41, 5.74) is 0.767. The molecule has 0 aromatic heterocycles. The predicted molar refractivity (Wildman–Crippen MR) is 63.9 cm³/mol.